The van der Waals surface area contributed by atoms with Crippen LogP contribution >= 0.6 is 0 Å². The molecule has 0 spiro atoms. The van der Waals surface area contributed by atoms with Gasteiger partial charge in [-0.25, -0.2) is 4.79 Å². The van der Waals surface area contributed by atoms with Gasteiger partial charge in [-0.2, -0.15) is 18.3 Å². The van der Waals surface area contributed by atoms with E-state index in [0.717, 1.165) is 17.1 Å². The molecule has 128 valence electrons. The predicted octanol–water partition coefficient (Wildman–Crippen LogP) is 1.05. The lowest BCUT2D eigenvalue weighted by molar-refractivity contribution is -0.385. The van der Waals surface area contributed by atoms with Crippen LogP contribution < -0.4 is 5.32 Å². The first kappa shape index (κ1) is 18.4. The Bertz CT molecular complexity index is 625. The van der Waals surface area contributed by atoms with Gasteiger partial charge in [0.1, 0.15) is 24.0 Å². The van der Waals surface area contributed by atoms with Gasteiger partial charge in [-0.3, -0.25) is 19.6 Å². The quantitative estimate of drug-likeness (QED) is 0.589. The molecule has 0 bridgehead atoms. The number of aromatic nitrogens is 2. The summed E-state index contributed by atoms with van der Waals surface area (Å²) in [5.74, 6) is -2.93. The molecule has 9 nitrogen and oxygen atoms in total. The van der Waals surface area contributed by atoms with Crippen molar-refractivity contribution in [3.8, 4) is 0 Å². The van der Waals surface area contributed by atoms with Gasteiger partial charge in [0.2, 0.25) is 5.91 Å². The molecule has 1 atom stereocenters. The minimum Gasteiger partial charge on any atom is -0.480 e. The number of alkyl halides is 3. The maximum absolute atomic E-state index is 12.3. The van der Waals surface area contributed by atoms with Crippen LogP contribution in [0.1, 0.15) is 20.3 Å². The van der Waals surface area contributed by atoms with Crippen molar-refractivity contribution in [3.05, 3.63) is 22.5 Å². The van der Waals surface area contributed by atoms with E-state index in [9.17, 15) is 32.9 Å². The molecule has 1 heterocycles. The van der Waals surface area contributed by atoms with Crippen molar-refractivity contribution < 1.29 is 32.8 Å². The summed E-state index contributed by atoms with van der Waals surface area (Å²) in [6, 6.07) is -2.17. The van der Waals surface area contributed by atoms with Crippen LogP contribution in [0.5, 0.6) is 0 Å². The maximum atomic E-state index is 12.3. The minimum atomic E-state index is -4.79. The van der Waals surface area contributed by atoms with Gasteiger partial charge in [0.05, 0.1) is 11.3 Å². The summed E-state index contributed by atoms with van der Waals surface area (Å²) in [6.07, 6.45) is -4.76. The third-order valence-electron chi connectivity index (χ3n) is 2.95. The molecule has 1 unspecified atom stereocenters. The number of carbonyl (C=O) groups excluding carboxylic acids is 1. The number of carboxylic acid groups (broad SMARTS) is 1. The first-order valence-electron chi connectivity index (χ1n) is 6.14. The molecule has 2 N–H and O–H groups in total. The minimum absolute atomic E-state index is 0.420. The van der Waals surface area contributed by atoms with Crippen molar-refractivity contribution in [2.24, 2.45) is 0 Å². The summed E-state index contributed by atoms with van der Waals surface area (Å²) in [6.45, 7) is 2.46. The molecule has 1 rings (SSSR count). The average Bonchev–Trinajstić information content (AvgIpc) is 2.86. The van der Waals surface area contributed by atoms with Gasteiger partial charge < -0.3 is 10.4 Å². The summed E-state index contributed by atoms with van der Waals surface area (Å²) in [5.41, 5.74) is -2.05. The second-order valence-electron chi connectivity index (χ2n) is 5.14. The lowest BCUT2D eigenvalue weighted by atomic mass is 10.0. The Balaban J connectivity index is 2.95. The van der Waals surface area contributed by atoms with Crippen LogP contribution in [0.4, 0.5) is 18.9 Å². The van der Waals surface area contributed by atoms with Crippen LogP contribution in [0.3, 0.4) is 0 Å². The summed E-state index contributed by atoms with van der Waals surface area (Å²) in [5, 5.41) is 24.7. The van der Waals surface area contributed by atoms with Crippen molar-refractivity contribution in [2.45, 2.75) is 38.0 Å². The van der Waals surface area contributed by atoms with Gasteiger partial charge >= 0.3 is 17.8 Å². The largest absolute Gasteiger partial charge is 0.480 e. The molecule has 0 saturated carbocycles. The molecular weight excluding hydrogens is 325 g/mol. The van der Waals surface area contributed by atoms with Crippen molar-refractivity contribution in [1.29, 1.82) is 0 Å². The topological polar surface area (TPSA) is 127 Å². The highest BCUT2D eigenvalue weighted by Gasteiger charge is 2.40. The van der Waals surface area contributed by atoms with Crippen LogP contribution in [-0.2, 0) is 15.1 Å². The van der Waals surface area contributed by atoms with Crippen molar-refractivity contribution in [3.63, 3.8) is 0 Å². The molecule has 1 aromatic heterocycles. The first-order valence-corrected chi connectivity index (χ1v) is 6.14. The highest BCUT2D eigenvalue weighted by atomic mass is 19.4. The van der Waals surface area contributed by atoms with E-state index in [1.165, 1.54) is 13.8 Å². The van der Waals surface area contributed by atoms with E-state index < -0.39 is 46.7 Å². The van der Waals surface area contributed by atoms with Crippen molar-refractivity contribution >= 4 is 17.6 Å². The molecule has 0 radical (unpaired) electrons. The van der Waals surface area contributed by atoms with Crippen LogP contribution in [-0.4, -0.2) is 43.9 Å². The second kappa shape index (κ2) is 6.22. The standard InChI is InChI=1S/C11H13F3N4O5/c1-10(2,17-5-6(4-15-17)18(22)23)9(21)16-7(8(19)20)3-11(12,13)14/h4-5,7H,3H2,1-2H3,(H,16,21)(H,19,20). The maximum Gasteiger partial charge on any atom is 0.391 e. The number of nitrogens with one attached hydrogen (secondary N) is 1. The van der Waals surface area contributed by atoms with Crippen molar-refractivity contribution in [1.82, 2.24) is 15.1 Å². The number of hydrogen-bond acceptors (Lipinski definition) is 5. The second-order valence-corrected chi connectivity index (χ2v) is 5.14. The first-order chi connectivity index (χ1) is 10.3. The number of rotatable bonds is 6. The van der Waals surface area contributed by atoms with Crippen LogP contribution in [0.25, 0.3) is 0 Å². The SMILES string of the molecule is CC(C)(C(=O)NC(CC(F)(F)F)C(=O)O)n1cc([N+](=O)[O-])cn1. The molecule has 0 fully saturated rings. The fraction of sp³-hybridized carbons (Fsp3) is 0.545. The van der Waals surface area contributed by atoms with E-state index >= 15 is 0 Å². The molecule has 0 aromatic carbocycles. The number of aliphatic carboxylic acids is 1. The van der Waals surface area contributed by atoms with E-state index in [4.69, 9.17) is 5.11 Å². The van der Waals surface area contributed by atoms with Gasteiger partial charge in [-0.15, -0.1) is 0 Å². The van der Waals surface area contributed by atoms with Gasteiger partial charge in [-0.1, -0.05) is 0 Å². The molecular formula is C11H13F3N4O5. The number of carbonyl (C=O) groups is 2. The van der Waals surface area contributed by atoms with Crippen molar-refractivity contribution in [2.75, 3.05) is 0 Å². The molecule has 0 aliphatic rings. The zero-order chi connectivity index (χ0) is 18.0. The predicted molar refractivity (Wildman–Crippen MR) is 68.4 cm³/mol. The molecule has 12 heteroatoms. The molecule has 0 saturated heterocycles. The smallest absolute Gasteiger partial charge is 0.391 e. The van der Waals surface area contributed by atoms with Crippen LogP contribution in [0.15, 0.2) is 12.4 Å². The monoisotopic (exact) mass is 338 g/mol. The fourth-order valence-corrected chi connectivity index (χ4v) is 1.58. The molecule has 1 amide bonds. The third-order valence-corrected chi connectivity index (χ3v) is 2.95. The van der Waals surface area contributed by atoms with E-state index in [0.29, 0.717) is 0 Å². The average molecular weight is 338 g/mol. The number of carboxylic acids is 1. The van der Waals surface area contributed by atoms with E-state index in [1.54, 1.807) is 5.32 Å². The number of nitro groups is 1. The zero-order valence-electron chi connectivity index (χ0n) is 12.0. The summed E-state index contributed by atoms with van der Waals surface area (Å²) in [4.78, 5) is 32.7. The lowest BCUT2D eigenvalue weighted by Gasteiger charge is -2.26. The Morgan fingerprint density at radius 3 is 2.43 bits per heavy atom. The summed E-state index contributed by atoms with van der Waals surface area (Å²) in [7, 11) is 0. The Morgan fingerprint density at radius 1 is 1.48 bits per heavy atom. The van der Waals surface area contributed by atoms with Crippen LogP contribution in [0, 0.1) is 10.1 Å². The van der Waals surface area contributed by atoms with Gasteiger partial charge in [0, 0.05) is 0 Å². The highest BCUT2D eigenvalue weighted by molar-refractivity contribution is 5.88. The Kier molecular flexibility index (Phi) is 4.97. The number of halogens is 3. The number of nitrogens with zero attached hydrogens (tertiary/aromatic N) is 3. The number of hydrogen-bond donors (Lipinski definition) is 2. The van der Waals surface area contributed by atoms with Crippen LogP contribution in [0.2, 0.25) is 0 Å². The molecule has 23 heavy (non-hydrogen) atoms. The molecule has 1 aromatic rings. The fourth-order valence-electron chi connectivity index (χ4n) is 1.58. The van der Waals surface area contributed by atoms with E-state index in [1.807, 2.05) is 0 Å². The normalized spacial score (nSPS) is 13.4. The summed E-state index contributed by atoms with van der Waals surface area (Å²) >= 11 is 0. The third kappa shape index (κ3) is 4.66. The van der Waals surface area contributed by atoms with Gasteiger partial charge in [-0.05, 0) is 13.8 Å². The molecule has 0 aliphatic carbocycles. The van der Waals surface area contributed by atoms with Gasteiger partial charge in [0.15, 0.2) is 0 Å². The lowest BCUT2D eigenvalue weighted by Crippen LogP contribution is -2.52. The Labute approximate surface area is 127 Å². The van der Waals surface area contributed by atoms with Gasteiger partial charge in [0.25, 0.3) is 0 Å². The van der Waals surface area contributed by atoms with E-state index in [2.05, 4.69) is 5.10 Å². The molecule has 0 aliphatic heterocycles. The Hall–Kier alpha value is -2.66. The van der Waals surface area contributed by atoms with E-state index in [-0.39, 0.29) is 0 Å². The number of amides is 1. The zero-order valence-corrected chi connectivity index (χ0v) is 12.0. The summed E-state index contributed by atoms with van der Waals surface area (Å²) < 4.78 is 37.8. The Morgan fingerprint density at radius 2 is 2.04 bits per heavy atom. The highest BCUT2D eigenvalue weighted by Crippen LogP contribution is 2.23.